The van der Waals surface area contributed by atoms with E-state index in [0.29, 0.717) is 17.5 Å². The van der Waals surface area contributed by atoms with E-state index in [4.69, 9.17) is 0 Å². The van der Waals surface area contributed by atoms with E-state index in [0.717, 1.165) is 19.4 Å². The minimum atomic E-state index is -0.217. The number of likely N-dealkylation sites (tertiary alicyclic amines) is 1. The normalized spacial score (nSPS) is 26.1. The van der Waals surface area contributed by atoms with Crippen LogP contribution < -0.4 is 5.56 Å². The average Bonchev–Trinajstić information content (AvgIpc) is 2.67. The lowest BCUT2D eigenvalue weighted by atomic mass is 9.69. The summed E-state index contributed by atoms with van der Waals surface area (Å²) in [6.07, 6.45) is 5.66. The number of pyridine rings is 1. The van der Waals surface area contributed by atoms with Crippen LogP contribution in [0.3, 0.4) is 0 Å². The van der Waals surface area contributed by atoms with E-state index in [1.165, 1.54) is 30.9 Å². The first-order valence-electron chi connectivity index (χ1n) is 9.29. The summed E-state index contributed by atoms with van der Waals surface area (Å²) in [5.74, 6) is 1.02. The first-order chi connectivity index (χ1) is 12.2. The standard InChI is InChI=1S/C21H24N2O2/c24-20-12-6-10-18(22-20)21(25)23-14-13-16(15-7-2-1-3-8-15)17-9-4-5-11-19(17)23/h1-3,6-8,10,12,16-17,19H,4-5,9,11,13-14H2,(H,22,24)/t16-,17-,19-/m1/s1. The number of amides is 1. The van der Waals surface area contributed by atoms with Gasteiger partial charge in [-0.25, -0.2) is 0 Å². The number of rotatable bonds is 2. The number of hydrogen-bond donors (Lipinski definition) is 1. The Bertz CT molecular complexity index is 799. The van der Waals surface area contributed by atoms with Gasteiger partial charge < -0.3 is 9.88 Å². The number of carbonyl (C=O) groups is 1. The molecule has 4 nitrogen and oxygen atoms in total. The van der Waals surface area contributed by atoms with Gasteiger partial charge in [-0.15, -0.1) is 0 Å². The van der Waals surface area contributed by atoms with Crippen LogP contribution in [0.5, 0.6) is 0 Å². The zero-order valence-corrected chi connectivity index (χ0v) is 14.4. The van der Waals surface area contributed by atoms with Crippen molar-refractivity contribution in [2.45, 2.75) is 44.1 Å². The van der Waals surface area contributed by atoms with Gasteiger partial charge >= 0.3 is 0 Å². The van der Waals surface area contributed by atoms with Crippen molar-refractivity contribution in [2.75, 3.05) is 6.54 Å². The van der Waals surface area contributed by atoms with Crippen LogP contribution in [0.25, 0.3) is 0 Å². The molecule has 2 fully saturated rings. The van der Waals surface area contributed by atoms with Gasteiger partial charge in [0.15, 0.2) is 0 Å². The second-order valence-corrected chi connectivity index (χ2v) is 7.25. The number of aromatic nitrogens is 1. The Kier molecular flexibility index (Phi) is 4.43. The van der Waals surface area contributed by atoms with E-state index >= 15 is 0 Å². The minimum Gasteiger partial charge on any atom is -0.334 e. The van der Waals surface area contributed by atoms with Crippen molar-refractivity contribution >= 4 is 5.91 Å². The Morgan fingerprint density at radius 1 is 0.960 bits per heavy atom. The number of aromatic amines is 1. The highest BCUT2D eigenvalue weighted by molar-refractivity contribution is 5.92. The van der Waals surface area contributed by atoms with Crippen LogP contribution >= 0.6 is 0 Å². The van der Waals surface area contributed by atoms with Crippen molar-refractivity contribution in [1.82, 2.24) is 9.88 Å². The molecule has 2 aromatic rings. The Hall–Kier alpha value is -2.36. The summed E-state index contributed by atoms with van der Waals surface area (Å²) < 4.78 is 0. The predicted octanol–water partition coefficient (Wildman–Crippen LogP) is 3.56. The molecular weight excluding hydrogens is 312 g/mol. The minimum absolute atomic E-state index is 0.0267. The SMILES string of the molecule is O=C(c1cccc(=O)[nH]1)N1CC[C@H](c2ccccc2)[C@H]2CCCC[C@H]21. The van der Waals surface area contributed by atoms with Crippen LogP contribution in [0.4, 0.5) is 0 Å². The Morgan fingerprint density at radius 3 is 2.56 bits per heavy atom. The molecule has 1 amide bonds. The molecule has 1 aromatic carbocycles. The van der Waals surface area contributed by atoms with Crippen molar-refractivity contribution in [1.29, 1.82) is 0 Å². The summed E-state index contributed by atoms with van der Waals surface area (Å²) in [5, 5.41) is 0. The third kappa shape index (κ3) is 3.13. The lowest BCUT2D eigenvalue weighted by Crippen LogP contribution is -2.52. The van der Waals surface area contributed by atoms with E-state index in [-0.39, 0.29) is 17.5 Å². The lowest BCUT2D eigenvalue weighted by Gasteiger charge is -2.48. The molecule has 0 radical (unpaired) electrons. The van der Waals surface area contributed by atoms with Crippen molar-refractivity contribution in [3.63, 3.8) is 0 Å². The third-order valence-corrected chi connectivity index (χ3v) is 5.87. The molecule has 2 aliphatic rings. The summed E-state index contributed by atoms with van der Waals surface area (Å²) in [4.78, 5) is 29.3. The molecule has 130 valence electrons. The molecule has 3 atom stereocenters. The van der Waals surface area contributed by atoms with E-state index < -0.39 is 0 Å². The quantitative estimate of drug-likeness (QED) is 0.911. The first kappa shape index (κ1) is 16.1. The van der Waals surface area contributed by atoms with Crippen LogP contribution in [0.2, 0.25) is 0 Å². The van der Waals surface area contributed by atoms with Crippen LogP contribution in [-0.2, 0) is 0 Å². The second-order valence-electron chi connectivity index (χ2n) is 7.25. The Morgan fingerprint density at radius 2 is 1.76 bits per heavy atom. The first-order valence-corrected chi connectivity index (χ1v) is 9.29. The van der Waals surface area contributed by atoms with E-state index in [2.05, 4.69) is 35.3 Å². The molecule has 4 rings (SSSR count). The summed E-state index contributed by atoms with van der Waals surface area (Å²) in [6, 6.07) is 15.8. The van der Waals surface area contributed by atoms with E-state index in [1.54, 1.807) is 12.1 Å². The van der Waals surface area contributed by atoms with Crippen LogP contribution in [0, 0.1) is 5.92 Å². The monoisotopic (exact) mass is 336 g/mol. The Balaban J connectivity index is 1.61. The molecule has 1 aliphatic heterocycles. The largest absolute Gasteiger partial charge is 0.334 e. The van der Waals surface area contributed by atoms with Crippen molar-refractivity contribution in [3.8, 4) is 0 Å². The predicted molar refractivity (Wildman–Crippen MR) is 97.6 cm³/mol. The molecule has 0 unspecified atom stereocenters. The number of benzene rings is 1. The number of hydrogen-bond acceptors (Lipinski definition) is 2. The van der Waals surface area contributed by atoms with Gasteiger partial charge in [-0.05, 0) is 42.7 Å². The third-order valence-electron chi connectivity index (χ3n) is 5.87. The molecule has 1 aromatic heterocycles. The fraction of sp³-hybridized carbons (Fsp3) is 0.429. The van der Waals surface area contributed by atoms with Crippen molar-refractivity contribution in [3.05, 3.63) is 70.1 Å². The molecule has 1 N–H and O–H groups in total. The summed E-state index contributed by atoms with van der Waals surface area (Å²) in [7, 11) is 0. The van der Waals surface area contributed by atoms with Gasteiger partial charge in [0, 0.05) is 18.7 Å². The van der Waals surface area contributed by atoms with Crippen LogP contribution in [0.1, 0.15) is 54.1 Å². The topological polar surface area (TPSA) is 53.2 Å². The number of fused-ring (bicyclic) bond motifs is 1. The summed E-state index contributed by atoms with van der Waals surface area (Å²) in [5.41, 5.74) is 1.60. The maximum atomic E-state index is 13.0. The highest BCUT2D eigenvalue weighted by Crippen LogP contribution is 2.44. The molecule has 1 saturated carbocycles. The van der Waals surface area contributed by atoms with Crippen molar-refractivity contribution < 1.29 is 4.79 Å². The molecule has 2 heterocycles. The maximum Gasteiger partial charge on any atom is 0.270 e. The molecule has 25 heavy (non-hydrogen) atoms. The number of nitrogens with zero attached hydrogens (tertiary/aromatic N) is 1. The van der Waals surface area contributed by atoms with E-state index in [9.17, 15) is 9.59 Å². The highest BCUT2D eigenvalue weighted by Gasteiger charge is 2.41. The Labute approximate surface area is 147 Å². The van der Waals surface area contributed by atoms with Crippen LogP contribution in [0.15, 0.2) is 53.3 Å². The summed E-state index contributed by atoms with van der Waals surface area (Å²) >= 11 is 0. The van der Waals surface area contributed by atoms with Crippen molar-refractivity contribution in [2.24, 2.45) is 5.92 Å². The van der Waals surface area contributed by atoms with Gasteiger partial charge in [-0.1, -0.05) is 49.2 Å². The number of piperidine rings is 1. The average molecular weight is 336 g/mol. The second kappa shape index (κ2) is 6.87. The summed E-state index contributed by atoms with van der Waals surface area (Å²) in [6.45, 7) is 0.760. The van der Waals surface area contributed by atoms with Gasteiger partial charge in [-0.2, -0.15) is 0 Å². The molecular formula is C21H24N2O2. The zero-order valence-electron chi connectivity index (χ0n) is 14.4. The molecule has 1 saturated heterocycles. The maximum absolute atomic E-state index is 13.0. The number of carbonyl (C=O) groups excluding carboxylic acids is 1. The molecule has 0 bridgehead atoms. The van der Waals surface area contributed by atoms with Gasteiger partial charge in [0.05, 0.1) is 0 Å². The number of H-pyrrole nitrogens is 1. The van der Waals surface area contributed by atoms with Gasteiger partial charge in [0.25, 0.3) is 5.91 Å². The van der Waals surface area contributed by atoms with Gasteiger partial charge in [-0.3, -0.25) is 9.59 Å². The lowest BCUT2D eigenvalue weighted by molar-refractivity contribution is 0.0314. The number of nitrogens with one attached hydrogen (secondary N) is 1. The van der Waals surface area contributed by atoms with Gasteiger partial charge in [0.1, 0.15) is 5.69 Å². The highest BCUT2D eigenvalue weighted by atomic mass is 16.2. The fourth-order valence-corrected chi connectivity index (χ4v) is 4.75. The zero-order chi connectivity index (χ0) is 17.2. The van der Waals surface area contributed by atoms with Gasteiger partial charge in [0.2, 0.25) is 5.56 Å². The molecule has 4 heteroatoms. The van der Waals surface area contributed by atoms with Crippen LogP contribution in [-0.4, -0.2) is 28.4 Å². The van der Waals surface area contributed by atoms with E-state index in [1.807, 2.05) is 4.90 Å². The smallest absolute Gasteiger partial charge is 0.270 e. The fourth-order valence-electron chi connectivity index (χ4n) is 4.75. The molecule has 0 spiro atoms. The molecule has 1 aliphatic carbocycles.